The molecule has 4 aliphatic heterocycles. The van der Waals surface area contributed by atoms with Crippen LogP contribution in [0, 0.1) is 17.8 Å². The third-order valence-electron chi connectivity index (χ3n) is 9.05. The van der Waals surface area contributed by atoms with E-state index >= 15 is 0 Å². The number of ether oxygens (including phenoxy) is 3. The number of nitrogens with zero attached hydrogens (tertiary/aromatic N) is 2. The van der Waals surface area contributed by atoms with Crippen molar-refractivity contribution in [3.63, 3.8) is 0 Å². The Morgan fingerprint density at radius 3 is 2.46 bits per heavy atom. The Balaban J connectivity index is 1.68. The Labute approximate surface area is 242 Å². The molecule has 0 radical (unpaired) electrons. The molecule has 0 aliphatic carbocycles. The number of cyclic esters (lactones) is 1. The molecule has 0 saturated carbocycles. The number of anilines is 1. The molecule has 1 N–H and O–H groups in total. The van der Waals surface area contributed by atoms with Gasteiger partial charge in [0.25, 0.3) is 5.91 Å². The number of hydrogen-bond donors (Lipinski definition) is 1. The Morgan fingerprint density at radius 2 is 1.80 bits per heavy atom. The molecule has 6 atom stereocenters. The highest BCUT2D eigenvalue weighted by Gasteiger charge is 2.75. The van der Waals surface area contributed by atoms with Gasteiger partial charge >= 0.3 is 5.97 Å². The Hall–Kier alpha value is -3.17. The van der Waals surface area contributed by atoms with E-state index in [1.807, 2.05) is 57.2 Å². The predicted octanol–water partition coefficient (Wildman–Crippen LogP) is 3.65. The topological polar surface area (TPSA) is 106 Å². The lowest BCUT2D eigenvalue weighted by molar-refractivity contribution is -0.161. The van der Waals surface area contributed by atoms with Crippen LogP contribution >= 0.6 is 0 Å². The van der Waals surface area contributed by atoms with Crippen LogP contribution in [0.15, 0.2) is 48.6 Å². The molecule has 41 heavy (non-hydrogen) atoms. The average Bonchev–Trinajstić information content (AvgIpc) is 3.33. The van der Waals surface area contributed by atoms with Crippen molar-refractivity contribution in [3.8, 4) is 5.75 Å². The van der Waals surface area contributed by atoms with Crippen LogP contribution in [0.2, 0.25) is 0 Å². The van der Waals surface area contributed by atoms with Gasteiger partial charge in [-0.1, -0.05) is 45.1 Å². The maximum Gasteiger partial charge on any atom is 0.313 e. The molecule has 2 fully saturated rings. The fourth-order valence-electron chi connectivity index (χ4n) is 7.18. The summed E-state index contributed by atoms with van der Waals surface area (Å²) in [7, 11) is 1.58. The summed E-state index contributed by atoms with van der Waals surface area (Å²) in [6, 6.07) is 5.50. The minimum absolute atomic E-state index is 0.155. The second-order valence-corrected chi connectivity index (χ2v) is 11.9. The summed E-state index contributed by atoms with van der Waals surface area (Å²) in [5.41, 5.74) is -1.86. The number of likely N-dealkylation sites (tertiary alicyclic amines) is 1. The highest BCUT2D eigenvalue weighted by atomic mass is 16.6. The number of fused-ring (bicyclic) bond motifs is 2. The molecular formula is C32H42N2O7. The maximum absolute atomic E-state index is 14.7. The number of amides is 2. The van der Waals surface area contributed by atoms with Gasteiger partial charge in [0.05, 0.1) is 32.3 Å². The molecule has 1 unspecified atom stereocenters. The van der Waals surface area contributed by atoms with Crippen LogP contribution in [0.4, 0.5) is 5.69 Å². The second kappa shape index (κ2) is 11.6. The molecule has 222 valence electrons. The summed E-state index contributed by atoms with van der Waals surface area (Å²) in [5, 5.41) is 10.5. The van der Waals surface area contributed by atoms with Crippen molar-refractivity contribution in [2.75, 3.05) is 31.8 Å². The lowest BCUT2D eigenvalue weighted by Gasteiger charge is -2.41. The summed E-state index contributed by atoms with van der Waals surface area (Å²) < 4.78 is 18.1. The number of esters is 1. The number of carbonyl (C=O) groups is 3. The van der Waals surface area contributed by atoms with Gasteiger partial charge in [-0.25, -0.2) is 0 Å². The van der Waals surface area contributed by atoms with E-state index in [1.165, 1.54) is 4.90 Å². The predicted molar refractivity (Wildman–Crippen MR) is 153 cm³/mol. The van der Waals surface area contributed by atoms with Crippen LogP contribution < -0.4 is 9.64 Å². The lowest BCUT2D eigenvalue weighted by atomic mass is 9.73. The quantitative estimate of drug-likeness (QED) is 0.397. The number of carbonyl (C=O) groups excluding carboxylic acids is 3. The van der Waals surface area contributed by atoms with Gasteiger partial charge in [-0.15, -0.1) is 0 Å². The number of benzene rings is 1. The molecule has 9 heteroatoms. The summed E-state index contributed by atoms with van der Waals surface area (Å²) in [6.45, 7) is 6.19. The summed E-state index contributed by atoms with van der Waals surface area (Å²) >= 11 is 0. The number of hydrogen-bond acceptors (Lipinski definition) is 7. The molecule has 1 aromatic carbocycles. The van der Waals surface area contributed by atoms with Crippen molar-refractivity contribution < 1.29 is 33.7 Å². The minimum atomic E-state index is -1.40. The Morgan fingerprint density at radius 1 is 1.05 bits per heavy atom. The summed E-state index contributed by atoms with van der Waals surface area (Å²) in [4.78, 5) is 46.2. The van der Waals surface area contributed by atoms with E-state index < -0.39 is 41.1 Å². The van der Waals surface area contributed by atoms with Crippen molar-refractivity contribution in [1.82, 2.24) is 4.90 Å². The van der Waals surface area contributed by atoms with Gasteiger partial charge in [0.1, 0.15) is 28.9 Å². The molecule has 9 nitrogen and oxygen atoms in total. The van der Waals surface area contributed by atoms with Crippen LogP contribution in [0.1, 0.15) is 52.9 Å². The van der Waals surface area contributed by atoms with Gasteiger partial charge < -0.3 is 29.1 Å². The van der Waals surface area contributed by atoms with E-state index in [4.69, 9.17) is 14.2 Å². The van der Waals surface area contributed by atoms with Crippen LogP contribution in [0.25, 0.3) is 0 Å². The molecule has 1 aromatic rings. The fourth-order valence-corrected chi connectivity index (χ4v) is 7.18. The van der Waals surface area contributed by atoms with Crippen LogP contribution in [-0.2, 0) is 23.9 Å². The van der Waals surface area contributed by atoms with Crippen molar-refractivity contribution >= 4 is 23.5 Å². The maximum atomic E-state index is 14.7. The monoisotopic (exact) mass is 566 g/mol. The number of aliphatic hydroxyl groups is 1. The van der Waals surface area contributed by atoms with Gasteiger partial charge in [-0.3, -0.25) is 14.4 Å². The van der Waals surface area contributed by atoms with Crippen molar-refractivity contribution in [3.05, 3.63) is 48.6 Å². The van der Waals surface area contributed by atoms with Crippen LogP contribution in [0.3, 0.4) is 0 Å². The molecule has 4 aliphatic rings. The van der Waals surface area contributed by atoms with E-state index in [0.29, 0.717) is 24.3 Å². The van der Waals surface area contributed by atoms with Crippen LogP contribution in [0.5, 0.6) is 5.75 Å². The summed E-state index contributed by atoms with van der Waals surface area (Å²) in [5.74, 6) is -2.22. The third kappa shape index (κ3) is 4.87. The number of methoxy groups -OCH3 is 1. The third-order valence-corrected chi connectivity index (χ3v) is 9.05. The minimum Gasteiger partial charge on any atom is -0.497 e. The Kier molecular flexibility index (Phi) is 8.30. The van der Waals surface area contributed by atoms with E-state index in [0.717, 1.165) is 19.3 Å². The van der Waals surface area contributed by atoms with Crippen molar-refractivity contribution in [1.29, 1.82) is 0 Å². The van der Waals surface area contributed by atoms with Gasteiger partial charge in [-0.05, 0) is 62.3 Å². The highest BCUT2D eigenvalue weighted by Crippen LogP contribution is 2.58. The van der Waals surface area contributed by atoms with Gasteiger partial charge in [0, 0.05) is 12.2 Å². The molecule has 2 amide bonds. The second-order valence-electron chi connectivity index (χ2n) is 11.9. The number of aliphatic hydroxyl groups excluding tert-OH is 1. The molecule has 1 spiro atoms. The Bertz CT molecular complexity index is 1210. The first-order valence-electron chi connectivity index (χ1n) is 14.8. The zero-order valence-electron chi connectivity index (χ0n) is 24.5. The molecular weight excluding hydrogens is 524 g/mol. The normalized spacial score (nSPS) is 33.1. The smallest absolute Gasteiger partial charge is 0.313 e. The first-order chi connectivity index (χ1) is 19.7. The highest BCUT2D eigenvalue weighted by molar-refractivity contribution is 6.05. The van der Waals surface area contributed by atoms with E-state index in [2.05, 4.69) is 0 Å². The first-order valence-corrected chi connectivity index (χ1v) is 14.8. The molecule has 4 heterocycles. The van der Waals surface area contributed by atoms with Crippen molar-refractivity contribution in [2.24, 2.45) is 17.8 Å². The zero-order valence-corrected chi connectivity index (χ0v) is 24.5. The zero-order chi connectivity index (χ0) is 29.4. The van der Waals surface area contributed by atoms with Gasteiger partial charge in [0.15, 0.2) is 0 Å². The van der Waals surface area contributed by atoms with E-state index in [9.17, 15) is 19.5 Å². The number of allylic oxidation sites excluding steroid dienone is 1. The van der Waals surface area contributed by atoms with Crippen LogP contribution in [-0.4, -0.2) is 77.9 Å². The summed E-state index contributed by atoms with van der Waals surface area (Å²) in [6.07, 6.45) is 11.0. The van der Waals surface area contributed by atoms with E-state index in [-0.39, 0.29) is 37.5 Å². The van der Waals surface area contributed by atoms with E-state index in [1.54, 1.807) is 24.1 Å². The average molecular weight is 567 g/mol. The fraction of sp³-hybridized carbons (Fsp3) is 0.594. The SMILES string of the molecule is CC[C@@]12/C=C\CCCCOC(=O)[C@@H]1[C@H]1C(=O)N([C@@H](CO)CC(C)C)C3C(=O)N(c4ccc(OC)cc4)CC=C[C@@]31O2. The standard InChI is InChI=1S/C32H42N2O7/c1-5-31-15-8-6-7-9-18-40-30(38)26(31)25-28(36)34(23(20-35)19-21(2)3)27-29(37)33(17-10-16-32(25,27)41-31)22-11-13-24(39-4)14-12-22/h8,10-16,21,23,25-27,35H,5-7,9,17-20H2,1-4H3/b15-8-/t23-,25+,26+,27?,31-,32+/m1/s1. The van der Waals surface area contributed by atoms with Crippen molar-refractivity contribution in [2.45, 2.75) is 76.2 Å². The van der Waals surface area contributed by atoms with Gasteiger partial charge in [0.2, 0.25) is 5.91 Å². The molecule has 0 bridgehead atoms. The lowest BCUT2D eigenvalue weighted by Crippen LogP contribution is -2.59. The number of rotatable bonds is 7. The molecule has 5 rings (SSSR count). The first kappa shape index (κ1) is 29.3. The van der Waals surface area contributed by atoms with Gasteiger partial charge in [-0.2, -0.15) is 0 Å². The molecule has 2 saturated heterocycles. The largest absolute Gasteiger partial charge is 0.497 e. The molecule has 0 aromatic heterocycles.